The van der Waals surface area contributed by atoms with Crippen LogP contribution in [0.25, 0.3) is 5.65 Å². The van der Waals surface area contributed by atoms with Gasteiger partial charge in [-0.05, 0) is 46.0 Å². The van der Waals surface area contributed by atoms with Crippen molar-refractivity contribution in [2.45, 2.75) is 43.3 Å². The van der Waals surface area contributed by atoms with Crippen LogP contribution in [0.4, 0.5) is 13.2 Å². The van der Waals surface area contributed by atoms with Crippen LogP contribution in [0.15, 0.2) is 47.2 Å². The third-order valence-electron chi connectivity index (χ3n) is 6.77. The van der Waals surface area contributed by atoms with Crippen molar-refractivity contribution in [3.05, 3.63) is 69.6 Å². The number of alkyl halides is 3. The number of imidazole rings is 1. The van der Waals surface area contributed by atoms with Crippen LogP contribution in [-0.2, 0) is 13.0 Å². The number of carbonyl (C=O) groups is 1. The van der Waals surface area contributed by atoms with E-state index in [1.165, 1.54) is 32.8 Å². The number of rotatable bonds is 2. The molecule has 5 rings (SSSR count). The number of halogens is 4. The van der Waals surface area contributed by atoms with E-state index in [4.69, 9.17) is 0 Å². The largest absolute Gasteiger partial charge is 0.418 e. The summed E-state index contributed by atoms with van der Waals surface area (Å²) in [5.74, 6) is -0.489. The molecule has 1 fully saturated rings. The molecule has 2 aliphatic heterocycles. The van der Waals surface area contributed by atoms with E-state index in [0.717, 1.165) is 6.07 Å². The third-order valence-corrected chi connectivity index (χ3v) is 7.21. The van der Waals surface area contributed by atoms with Gasteiger partial charge in [-0.2, -0.15) is 13.2 Å². The molecule has 11 heteroatoms. The molecule has 7 nitrogen and oxygen atoms in total. The van der Waals surface area contributed by atoms with Crippen LogP contribution in [-0.4, -0.2) is 61.3 Å². The molecule has 1 spiro atoms. The highest BCUT2D eigenvalue weighted by atomic mass is 79.9. The number of pyridine rings is 1. The number of hydrogen-bond donors (Lipinski definition) is 3. The summed E-state index contributed by atoms with van der Waals surface area (Å²) in [5, 5.41) is 24.3. The maximum absolute atomic E-state index is 13.2. The summed E-state index contributed by atoms with van der Waals surface area (Å²) in [6, 6.07) is 9.17. The lowest BCUT2D eigenvalue weighted by atomic mass is 9.76. The first kappa shape index (κ1) is 23.3. The Kier molecular flexibility index (Phi) is 5.70. The molecule has 0 aliphatic carbocycles. The Balaban J connectivity index is 1.38. The first-order valence-corrected chi connectivity index (χ1v) is 11.6. The molecule has 0 bridgehead atoms. The van der Waals surface area contributed by atoms with Crippen molar-refractivity contribution in [3.8, 4) is 0 Å². The Bertz CT molecular complexity index is 1260. The summed E-state index contributed by atoms with van der Waals surface area (Å²) in [4.78, 5) is 18.8. The SMILES string of the molecule is O=C(c1cn2cc(Br)cc(C(O)C(F)(F)F)c2n1)N1CC[C@]2(Cc3ccccc3CN2)[C@H](O)C1. The molecule has 2 aliphatic rings. The van der Waals surface area contributed by atoms with Crippen molar-refractivity contribution in [2.24, 2.45) is 0 Å². The van der Waals surface area contributed by atoms with Crippen molar-refractivity contribution in [3.63, 3.8) is 0 Å². The summed E-state index contributed by atoms with van der Waals surface area (Å²) in [6.45, 7) is 1.07. The van der Waals surface area contributed by atoms with Crippen LogP contribution in [0.5, 0.6) is 0 Å². The Morgan fingerprint density at radius 2 is 2.00 bits per heavy atom. The number of benzene rings is 1. The van der Waals surface area contributed by atoms with Gasteiger partial charge in [-0.25, -0.2) is 4.98 Å². The van der Waals surface area contributed by atoms with Gasteiger partial charge in [-0.3, -0.25) is 4.79 Å². The molecule has 0 radical (unpaired) electrons. The lowest BCUT2D eigenvalue weighted by Crippen LogP contribution is -2.65. The summed E-state index contributed by atoms with van der Waals surface area (Å²) >= 11 is 3.14. The highest BCUT2D eigenvalue weighted by Crippen LogP contribution is 2.36. The lowest BCUT2D eigenvalue weighted by Gasteiger charge is -2.48. The predicted molar refractivity (Wildman–Crippen MR) is 120 cm³/mol. The van der Waals surface area contributed by atoms with Gasteiger partial charge in [0.15, 0.2) is 6.10 Å². The summed E-state index contributed by atoms with van der Waals surface area (Å²) in [6.07, 6.45) is -4.48. The predicted octanol–water partition coefficient (Wildman–Crippen LogP) is 2.98. The quantitative estimate of drug-likeness (QED) is 0.466. The van der Waals surface area contributed by atoms with Crippen LogP contribution < -0.4 is 5.32 Å². The molecule has 2 aromatic heterocycles. The number of carbonyl (C=O) groups excluding carboxylic acids is 1. The highest BCUT2D eigenvalue weighted by molar-refractivity contribution is 9.10. The van der Waals surface area contributed by atoms with Crippen LogP contribution in [0.3, 0.4) is 0 Å². The number of aliphatic hydroxyl groups is 2. The second kappa shape index (κ2) is 8.33. The zero-order valence-electron chi connectivity index (χ0n) is 17.9. The van der Waals surface area contributed by atoms with E-state index in [1.807, 2.05) is 24.3 Å². The van der Waals surface area contributed by atoms with E-state index < -0.39 is 35.4 Å². The molecule has 34 heavy (non-hydrogen) atoms. The number of likely N-dealkylation sites (tertiary alicyclic amines) is 1. The second-order valence-corrected chi connectivity index (χ2v) is 9.80. The van der Waals surface area contributed by atoms with Crippen molar-refractivity contribution in [1.82, 2.24) is 19.6 Å². The molecule has 1 amide bonds. The minimum absolute atomic E-state index is 0.0566. The number of β-amino-alcohol motifs (C(OH)–C–C–N with tert-alkyl or cyclic N) is 1. The lowest BCUT2D eigenvalue weighted by molar-refractivity contribution is -0.206. The number of fused-ring (bicyclic) bond motifs is 2. The first-order chi connectivity index (χ1) is 16.1. The topological polar surface area (TPSA) is 90.1 Å². The van der Waals surface area contributed by atoms with Gasteiger partial charge >= 0.3 is 6.18 Å². The molecule has 4 heterocycles. The van der Waals surface area contributed by atoms with Crippen LogP contribution in [0.1, 0.15) is 39.7 Å². The molecule has 1 unspecified atom stereocenters. The zero-order valence-corrected chi connectivity index (χ0v) is 19.5. The number of piperidine rings is 1. The van der Waals surface area contributed by atoms with Gasteiger partial charge in [0.25, 0.3) is 5.91 Å². The van der Waals surface area contributed by atoms with Crippen LogP contribution in [0.2, 0.25) is 0 Å². The molecule has 180 valence electrons. The van der Waals surface area contributed by atoms with E-state index >= 15 is 0 Å². The van der Waals surface area contributed by atoms with E-state index in [0.29, 0.717) is 30.4 Å². The molecular weight excluding hydrogens is 517 g/mol. The zero-order chi connectivity index (χ0) is 24.3. The number of hydrogen-bond acceptors (Lipinski definition) is 5. The highest BCUT2D eigenvalue weighted by Gasteiger charge is 2.45. The fourth-order valence-corrected chi connectivity index (χ4v) is 5.35. The molecule has 3 N–H and O–H groups in total. The van der Waals surface area contributed by atoms with E-state index in [-0.39, 0.29) is 17.9 Å². The maximum atomic E-state index is 13.2. The van der Waals surface area contributed by atoms with Crippen molar-refractivity contribution in [1.29, 1.82) is 0 Å². The average molecular weight is 539 g/mol. The normalized spacial score (nSPS) is 23.8. The summed E-state index contributed by atoms with van der Waals surface area (Å²) in [7, 11) is 0. The fourth-order valence-electron chi connectivity index (χ4n) is 4.88. The minimum Gasteiger partial charge on any atom is -0.389 e. The Morgan fingerprint density at radius 1 is 1.26 bits per heavy atom. The number of nitrogens with one attached hydrogen (secondary N) is 1. The smallest absolute Gasteiger partial charge is 0.389 e. The number of aliphatic hydroxyl groups excluding tert-OH is 2. The summed E-state index contributed by atoms with van der Waals surface area (Å²) < 4.78 is 41.0. The van der Waals surface area contributed by atoms with Crippen LogP contribution in [0, 0.1) is 0 Å². The van der Waals surface area contributed by atoms with Crippen molar-refractivity contribution in [2.75, 3.05) is 13.1 Å². The minimum atomic E-state index is -4.88. The standard InChI is InChI=1S/C23H22BrF3N4O3/c24-15-7-16(19(33)23(25,26)27)20-29-17(11-31(20)10-15)21(34)30-6-5-22(18(32)12-30)8-13-3-1-2-4-14(13)9-28-22/h1-4,7,10-11,18-19,28,32-33H,5-6,8-9,12H2/t18-,19?,22+/m1/s1. The van der Waals surface area contributed by atoms with Gasteiger partial charge in [0.1, 0.15) is 11.3 Å². The van der Waals surface area contributed by atoms with E-state index in [9.17, 15) is 28.2 Å². The molecule has 3 aromatic rings. The first-order valence-electron chi connectivity index (χ1n) is 10.8. The van der Waals surface area contributed by atoms with Gasteiger partial charge in [0, 0.05) is 42.1 Å². The number of amides is 1. The third kappa shape index (κ3) is 4.00. The number of aromatic nitrogens is 2. The second-order valence-electron chi connectivity index (χ2n) is 8.89. The van der Waals surface area contributed by atoms with Gasteiger partial charge in [0.05, 0.1) is 11.6 Å². The Labute approximate surface area is 201 Å². The molecular formula is C23H22BrF3N4O3. The fraction of sp³-hybridized carbons (Fsp3) is 0.391. The Morgan fingerprint density at radius 3 is 2.71 bits per heavy atom. The van der Waals surface area contributed by atoms with Gasteiger partial charge in [-0.1, -0.05) is 24.3 Å². The van der Waals surface area contributed by atoms with Crippen molar-refractivity contribution < 1.29 is 28.2 Å². The van der Waals surface area contributed by atoms with Crippen molar-refractivity contribution >= 4 is 27.5 Å². The van der Waals surface area contributed by atoms with Crippen LogP contribution >= 0.6 is 15.9 Å². The average Bonchev–Trinajstić information content (AvgIpc) is 3.22. The maximum Gasteiger partial charge on any atom is 0.418 e. The molecule has 0 saturated carbocycles. The summed E-state index contributed by atoms with van der Waals surface area (Å²) in [5.41, 5.74) is 1.14. The van der Waals surface area contributed by atoms with Gasteiger partial charge in [-0.15, -0.1) is 0 Å². The number of nitrogens with zero attached hydrogens (tertiary/aromatic N) is 3. The van der Waals surface area contributed by atoms with E-state index in [1.54, 1.807) is 0 Å². The Hall–Kier alpha value is -2.47. The molecule has 1 saturated heterocycles. The molecule has 1 aromatic carbocycles. The van der Waals surface area contributed by atoms with Gasteiger partial charge in [0.2, 0.25) is 0 Å². The van der Waals surface area contributed by atoms with E-state index in [2.05, 4.69) is 26.2 Å². The monoisotopic (exact) mass is 538 g/mol. The molecule has 3 atom stereocenters. The van der Waals surface area contributed by atoms with Gasteiger partial charge < -0.3 is 24.8 Å².